The lowest BCUT2D eigenvalue weighted by Gasteiger charge is -2.35. The number of nitrogens with two attached hydrogens (primary N) is 1. The highest BCUT2D eigenvalue weighted by Crippen LogP contribution is 2.35. The molecule has 1 fully saturated rings. The number of nitrogen functional groups attached to an aromatic ring is 1. The Kier molecular flexibility index (Phi) is 4.27. The lowest BCUT2D eigenvalue weighted by Crippen LogP contribution is -2.49. The van der Waals surface area contributed by atoms with Crippen molar-refractivity contribution in [3.8, 4) is 0 Å². The van der Waals surface area contributed by atoms with Crippen molar-refractivity contribution in [2.75, 3.05) is 43.9 Å². The van der Waals surface area contributed by atoms with Crippen molar-refractivity contribution in [1.82, 2.24) is 14.9 Å². The number of halogens is 3. The van der Waals surface area contributed by atoms with Crippen LogP contribution in [0.25, 0.3) is 10.9 Å². The van der Waals surface area contributed by atoms with Gasteiger partial charge in [0.05, 0.1) is 12.5 Å². The summed E-state index contributed by atoms with van der Waals surface area (Å²) in [6, 6.07) is 0. The van der Waals surface area contributed by atoms with E-state index in [4.69, 9.17) is 5.73 Å². The predicted molar refractivity (Wildman–Crippen MR) is 84.8 cm³/mol. The van der Waals surface area contributed by atoms with Gasteiger partial charge in [-0.05, 0) is 6.92 Å². The summed E-state index contributed by atoms with van der Waals surface area (Å²) in [5.41, 5.74) is 4.71. The summed E-state index contributed by atoms with van der Waals surface area (Å²) in [7, 11) is 1.25. The van der Waals surface area contributed by atoms with E-state index < -0.39 is 34.6 Å². The van der Waals surface area contributed by atoms with Gasteiger partial charge in [-0.1, -0.05) is 0 Å². The summed E-state index contributed by atoms with van der Waals surface area (Å²) in [5, 5.41) is -0.474. The molecule has 1 saturated heterocycles. The van der Waals surface area contributed by atoms with Crippen LogP contribution in [0.3, 0.4) is 0 Å². The number of carbonyl (C=O) groups is 1. The van der Waals surface area contributed by atoms with Gasteiger partial charge in [0.25, 0.3) is 0 Å². The van der Waals surface area contributed by atoms with Crippen molar-refractivity contribution >= 4 is 28.5 Å². The first-order valence-corrected chi connectivity index (χ1v) is 7.53. The molecule has 1 aliphatic rings. The van der Waals surface area contributed by atoms with E-state index in [0.717, 1.165) is 0 Å². The van der Waals surface area contributed by atoms with Gasteiger partial charge in [0.15, 0.2) is 17.5 Å². The number of benzene rings is 1. The highest BCUT2D eigenvalue weighted by molar-refractivity contribution is 5.92. The van der Waals surface area contributed by atoms with Crippen LogP contribution in [0, 0.1) is 24.4 Å². The van der Waals surface area contributed by atoms with Crippen LogP contribution >= 0.6 is 0 Å². The summed E-state index contributed by atoms with van der Waals surface area (Å²) < 4.78 is 48.4. The Hall–Kier alpha value is -2.78. The summed E-state index contributed by atoms with van der Waals surface area (Å²) in [6.45, 7) is 2.10. The molecule has 3 rings (SSSR count). The normalized spacial score (nSPS) is 14.9. The minimum Gasteiger partial charge on any atom is -0.453 e. The predicted octanol–water partition coefficient (Wildman–Crippen LogP) is 1.83. The fourth-order valence-electron chi connectivity index (χ4n) is 2.91. The molecule has 0 radical (unpaired) electrons. The number of amides is 1. The Bertz CT molecular complexity index is 853. The Morgan fingerprint density at radius 3 is 2.32 bits per heavy atom. The molecule has 2 N–H and O–H groups in total. The summed E-state index contributed by atoms with van der Waals surface area (Å²) >= 11 is 0. The second kappa shape index (κ2) is 6.26. The van der Waals surface area contributed by atoms with Gasteiger partial charge in [0, 0.05) is 26.2 Å². The van der Waals surface area contributed by atoms with Crippen molar-refractivity contribution in [3.63, 3.8) is 0 Å². The summed E-state index contributed by atoms with van der Waals surface area (Å²) in [5.74, 6) is -3.82. The summed E-state index contributed by atoms with van der Waals surface area (Å²) in [6.07, 6.45) is -0.526. The quantitative estimate of drug-likeness (QED) is 0.786. The van der Waals surface area contributed by atoms with Crippen LogP contribution < -0.4 is 10.6 Å². The van der Waals surface area contributed by atoms with Crippen LogP contribution in [0.5, 0.6) is 0 Å². The van der Waals surface area contributed by atoms with Crippen molar-refractivity contribution in [2.45, 2.75) is 6.92 Å². The van der Waals surface area contributed by atoms with Gasteiger partial charge < -0.3 is 20.3 Å². The van der Waals surface area contributed by atoms with Crippen LogP contribution in [0.4, 0.5) is 29.5 Å². The number of anilines is 2. The first-order valence-electron chi connectivity index (χ1n) is 7.53. The minimum absolute atomic E-state index is 0.118. The number of aromatic nitrogens is 2. The SMILES string of the molecule is COC(=O)N1CCN(c2c(F)c(F)c3c(N)nc(C)nc3c2F)CC1. The van der Waals surface area contributed by atoms with E-state index in [9.17, 15) is 18.0 Å². The van der Waals surface area contributed by atoms with Gasteiger partial charge in [-0.2, -0.15) is 0 Å². The largest absolute Gasteiger partial charge is 0.453 e. The average Bonchev–Trinajstić information content (AvgIpc) is 2.59. The second-order valence-corrected chi connectivity index (χ2v) is 5.61. The van der Waals surface area contributed by atoms with Gasteiger partial charge >= 0.3 is 6.09 Å². The molecular formula is C15H16F3N5O2. The van der Waals surface area contributed by atoms with Crippen molar-refractivity contribution in [1.29, 1.82) is 0 Å². The number of rotatable bonds is 1. The molecule has 1 aromatic heterocycles. The maximum atomic E-state index is 14.9. The highest BCUT2D eigenvalue weighted by atomic mass is 19.2. The first kappa shape index (κ1) is 17.1. The third-order valence-corrected chi connectivity index (χ3v) is 4.11. The van der Waals surface area contributed by atoms with Gasteiger partial charge in [-0.15, -0.1) is 0 Å². The van der Waals surface area contributed by atoms with Crippen LogP contribution in [-0.4, -0.2) is 54.2 Å². The molecule has 10 heteroatoms. The van der Waals surface area contributed by atoms with E-state index >= 15 is 0 Å². The Labute approximate surface area is 141 Å². The molecule has 2 heterocycles. The molecule has 0 saturated carbocycles. The van der Waals surface area contributed by atoms with Gasteiger partial charge in [-0.25, -0.2) is 27.9 Å². The number of piperazine rings is 1. The van der Waals surface area contributed by atoms with Crippen molar-refractivity contribution in [2.24, 2.45) is 0 Å². The molecule has 134 valence electrons. The lowest BCUT2D eigenvalue weighted by molar-refractivity contribution is 0.121. The Morgan fingerprint density at radius 1 is 1.08 bits per heavy atom. The number of hydrogen-bond donors (Lipinski definition) is 1. The number of ether oxygens (including phenoxy) is 1. The van der Waals surface area contributed by atoms with Crippen LogP contribution in [-0.2, 0) is 4.74 Å². The fraction of sp³-hybridized carbons (Fsp3) is 0.400. The minimum atomic E-state index is -1.35. The third-order valence-electron chi connectivity index (χ3n) is 4.11. The maximum Gasteiger partial charge on any atom is 0.409 e. The van der Waals surface area contributed by atoms with Crippen molar-refractivity contribution < 1.29 is 22.7 Å². The van der Waals surface area contributed by atoms with E-state index in [1.54, 1.807) is 0 Å². The monoisotopic (exact) mass is 355 g/mol. The van der Waals surface area contributed by atoms with Crippen LogP contribution in [0.1, 0.15) is 5.82 Å². The average molecular weight is 355 g/mol. The lowest BCUT2D eigenvalue weighted by atomic mass is 10.1. The van der Waals surface area contributed by atoms with E-state index in [0.29, 0.717) is 0 Å². The standard InChI is InChI=1S/C15H16F3N5O2/c1-7-20-12-8(14(19)21-7)9(16)10(17)13(11(12)18)22-3-5-23(6-4-22)15(24)25-2/h3-6H2,1-2H3,(H2,19,20,21). The highest BCUT2D eigenvalue weighted by Gasteiger charge is 2.30. The van der Waals surface area contributed by atoms with Gasteiger partial charge in [0.2, 0.25) is 0 Å². The number of methoxy groups -OCH3 is 1. The zero-order valence-electron chi connectivity index (χ0n) is 13.6. The van der Waals surface area contributed by atoms with Gasteiger partial charge in [-0.3, -0.25) is 0 Å². The number of hydrogen-bond acceptors (Lipinski definition) is 6. The molecule has 25 heavy (non-hydrogen) atoms. The van der Waals surface area contributed by atoms with Crippen LogP contribution in [0.2, 0.25) is 0 Å². The fourth-order valence-corrected chi connectivity index (χ4v) is 2.91. The van der Waals surface area contributed by atoms with Crippen molar-refractivity contribution in [3.05, 3.63) is 23.3 Å². The Morgan fingerprint density at radius 2 is 1.72 bits per heavy atom. The number of fused-ring (bicyclic) bond motifs is 1. The number of nitrogens with zero attached hydrogens (tertiary/aromatic N) is 4. The zero-order chi connectivity index (χ0) is 18.3. The summed E-state index contributed by atoms with van der Waals surface area (Å²) in [4.78, 5) is 21.8. The first-order chi connectivity index (χ1) is 11.8. The smallest absolute Gasteiger partial charge is 0.409 e. The maximum absolute atomic E-state index is 14.9. The molecular weight excluding hydrogens is 339 g/mol. The van der Waals surface area contributed by atoms with E-state index in [2.05, 4.69) is 14.7 Å². The molecule has 0 bridgehead atoms. The topological polar surface area (TPSA) is 84.6 Å². The van der Waals surface area contributed by atoms with E-state index in [1.807, 2.05) is 0 Å². The molecule has 0 atom stereocenters. The molecule has 1 aromatic carbocycles. The number of carbonyl (C=O) groups excluding carboxylic acids is 1. The second-order valence-electron chi connectivity index (χ2n) is 5.61. The van der Waals surface area contributed by atoms with Gasteiger partial charge in [0.1, 0.15) is 22.8 Å². The molecule has 2 aromatic rings. The molecule has 0 aliphatic carbocycles. The molecule has 7 nitrogen and oxygen atoms in total. The zero-order valence-corrected chi connectivity index (χ0v) is 13.6. The molecule has 1 aliphatic heterocycles. The van der Waals surface area contributed by atoms with Crippen LogP contribution in [0.15, 0.2) is 0 Å². The third kappa shape index (κ3) is 2.77. The molecule has 0 unspecified atom stereocenters. The number of aryl methyl sites for hydroxylation is 1. The molecule has 0 spiro atoms. The van der Waals surface area contributed by atoms with E-state index in [1.165, 1.54) is 23.8 Å². The molecule has 1 amide bonds. The van der Waals surface area contributed by atoms with E-state index in [-0.39, 0.29) is 43.3 Å². The Balaban J connectivity index is 2.05.